The van der Waals surface area contributed by atoms with E-state index in [1.165, 1.54) is 31.6 Å². The van der Waals surface area contributed by atoms with Crippen LogP contribution in [0.15, 0.2) is 35.4 Å². The highest BCUT2D eigenvalue weighted by molar-refractivity contribution is 5.83. The van der Waals surface area contributed by atoms with Crippen LogP contribution < -0.4 is 5.01 Å². The normalized spacial score (nSPS) is 35.5. The highest BCUT2D eigenvalue weighted by atomic mass is 16.5. The number of para-hydroxylation sites is 1. The number of fused-ring (bicyclic) bond motifs is 2. The molecule has 4 heteroatoms. The number of hydrogen-bond acceptors (Lipinski definition) is 4. The lowest BCUT2D eigenvalue weighted by Gasteiger charge is -2.54. The highest BCUT2D eigenvalue weighted by Crippen LogP contribution is 2.46. The third kappa shape index (κ3) is 1.67. The van der Waals surface area contributed by atoms with E-state index in [1.807, 2.05) is 0 Å². The number of rotatable bonds is 1. The summed E-state index contributed by atoms with van der Waals surface area (Å²) < 4.78 is 5.49. The zero-order valence-electron chi connectivity index (χ0n) is 12.0. The van der Waals surface area contributed by atoms with Gasteiger partial charge in [-0.25, -0.2) is 0 Å². The van der Waals surface area contributed by atoms with Crippen LogP contribution in [0, 0.1) is 5.92 Å². The molecule has 0 N–H and O–H groups in total. The second kappa shape index (κ2) is 4.48. The summed E-state index contributed by atoms with van der Waals surface area (Å²) in [5.41, 5.74) is 1.30. The Morgan fingerprint density at radius 3 is 2.55 bits per heavy atom. The number of hydrazone groups is 1. The molecular weight excluding hydrogens is 250 g/mol. The standard InChI is InChI=1S/C16H21N3O/c1-20-15-11-16(12-18-9-7-13(16)8-10-18)19(17-15)14-5-3-2-4-6-14/h2-6,13H,7-12H2,1H3. The van der Waals surface area contributed by atoms with E-state index in [1.54, 1.807) is 7.11 Å². The van der Waals surface area contributed by atoms with Gasteiger partial charge in [-0.2, -0.15) is 0 Å². The molecule has 1 atom stereocenters. The van der Waals surface area contributed by atoms with E-state index >= 15 is 0 Å². The van der Waals surface area contributed by atoms with E-state index in [2.05, 4.69) is 40.2 Å². The largest absolute Gasteiger partial charge is 0.483 e. The number of piperidine rings is 3. The summed E-state index contributed by atoms with van der Waals surface area (Å²) in [6.07, 6.45) is 3.52. The Balaban J connectivity index is 1.75. The van der Waals surface area contributed by atoms with Crippen LogP contribution in [-0.2, 0) is 4.74 Å². The Hall–Kier alpha value is -1.55. The first-order valence-corrected chi connectivity index (χ1v) is 7.51. The molecule has 0 aromatic heterocycles. The van der Waals surface area contributed by atoms with Gasteiger partial charge in [0.05, 0.1) is 24.8 Å². The molecule has 4 aliphatic heterocycles. The molecule has 106 valence electrons. The molecule has 4 nitrogen and oxygen atoms in total. The summed E-state index contributed by atoms with van der Waals surface area (Å²) >= 11 is 0. The Labute approximate surface area is 120 Å². The fourth-order valence-corrected chi connectivity index (χ4v) is 4.17. The third-order valence-corrected chi connectivity index (χ3v) is 5.17. The lowest BCUT2D eigenvalue weighted by atomic mass is 9.71. The number of hydrogen-bond donors (Lipinski definition) is 0. The van der Waals surface area contributed by atoms with Crippen molar-refractivity contribution in [2.24, 2.45) is 11.0 Å². The molecule has 1 aromatic rings. The first kappa shape index (κ1) is 12.2. The molecule has 0 amide bonds. The molecule has 4 aliphatic rings. The number of nitrogens with zero attached hydrogens (tertiary/aromatic N) is 3. The van der Waals surface area contributed by atoms with Crippen molar-refractivity contribution in [1.29, 1.82) is 0 Å². The van der Waals surface area contributed by atoms with Crippen LogP contribution in [0.4, 0.5) is 5.69 Å². The van der Waals surface area contributed by atoms with Crippen molar-refractivity contribution in [1.82, 2.24) is 4.90 Å². The van der Waals surface area contributed by atoms with E-state index in [9.17, 15) is 0 Å². The predicted octanol–water partition coefficient (Wildman–Crippen LogP) is 2.32. The molecule has 5 rings (SSSR count). The summed E-state index contributed by atoms with van der Waals surface area (Å²) in [4.78, 5) is 2.59. The van der Waals surface area contributed by atoms with Crippen molar-refractivity contribution in [3.63, 3.8) is 0 Å². The smallest absolute Gasteiger partial charge is 0.208 e. The number of anilines is 1. The van der Waals surface area contributed by atoms with Gasteiger partial charge in [-0.05, 0) is 44.0 Å². The van der Waals surface area contributed by atoms with Crippen LogP contribution in [0.3, 0.4) is 0 Å². The summed E-state index contributed by atoms with van der Waals surface area (Å²) in [5.74, 6) is 1.60. The minimum absolute atomic E-state index is 0.114. The molecule has 2 bridgehead atoms. The lowest BCUT2D eigenvalue weighted by Crippen LogP contribution is -2.64. The number of benzene rings is 1. The maximum atomic E-state index is 5.49. The first-order chi connectivity index (χ1) is 9.82. The maximum absolute atomic E-state index is 5.49. The molecule has 3 fully saturated rings. The monoisotopic (exact) mass is 271 g/mol. The predicted molar refractivity (Wildman–Crippen MR) is 79.9 cm³/mol. The molecule has 1 aromatic carbocycles. The van der Waals surface area contributed by atoms with Crippen molar-refractivity contribution in [3.8, 4) is 0 Å². The van der Waals surface area contributed by atoms with Crippen molar-refractivity contribution in [3.05, 3.63) is 30.3 Å². The average molecular weight is 271 g/mol. The lowest BCUT2D eigenvalue weighted by molar-refractivity contribution is 0.0307. The van der Waals surface area contributed by atoms with E-state index in [0.29, 0.717) is 0 Å². The van der Waals surface area contributed by atoms with E-state index in [-0.39, 0.29) is 5.54 Å². The molecule has 0 aliphatic carbocycles. The molecule has 1 spiro atoms. The van der Waals surface area contributed by atoms with Crippen LogP contribution in [-0.4, -0.2) is 43.1 Å². The number of ether oxygens (including phenoxy) is 1. The minimum Gasteiger partial charge on any atom is -0.483 e. The van der Waals surface area contributed by atoms with Crippen LogP contribution in [0.25, 0.3) is 0 Å². The molecular formula is C16H21N3O. The molecule has 20 heavy (non-hydrogen) atoms. The van der Waals surface area contributed by atoms with Gasteiger partial charge in [0.1, 0.15) is 0 Å². The highest BCUT2D eigenvalue weighted by Gasteiger charge is 2.54. The summed E-state index contributed by atoms with van der Waals surface area (Å²) in [6.45, 7) is 3.61. The third-order valence-electron chi connectivity index (χ3n) is 5.17. The average Bonchev–Trinajstić information content (AvgIpc) is 2.88. The maximum Gasteiger partial charge on any atom is 0.208 e. The fraction of sp³-hybridized carbons (Fsp3) is 0.562. The zero-order chi connectivity index (χ0) is 13.6. The number of methoxy groups -OCH3 is 1. The van der Waals surface area contributed by atoms with Crippen molar-refractivity contribution in [2.75, 3.05) is 31.8 Å². The Morgan fingerprint density at radius 2 is 1.95 bits per heavy atom. The van der Waals surface area contributed by atoms with Crippen molar-refractivity contribution < 1.29 is 4.74 Å². The summed E-state index contributed by atoms with van der Waals surface area (Å²) in [5, 5.41) is 7.03. The SMILES string of the molecule is COC1=NN(c2ccccc2)C2(C1)CN1CCC2CC1. The molecule has 0 radical (unpaired) electrons. The summed E-state index contributed by atoms with van der Waals surface area (Å²) in [7, 11) is 1.74. The van der Waals surface area contributed by atoms with Gasteiger partial charge in [0.2, 0.25) is 5.90 Å². The van der Waals surface area contributed by atoms with Crippen molar-refractivity contribution >= 4 is 11.6 Å². The van der Waals surface area contributed by atoms with Gasteiger partial charge in [-0.1, -0.05) is 18.2 Å². The van der Waals surface area contributed by atoms with Gasteiger partial charge < -0.3 is 9.64 Å². The van der Waals surface area contributed by atoms with E-state index in [0.717, 1.165) is 24.8 Å². The van der Waals surface area contributed by atoms with Crippen LogP contribution in [0.1, 0.15) is 19.3 Å². The van der Waals surface area contributed by atoms with Crippen molar-refractivity contribution in [2.45, 2.75) is 24.8 Å². The molecule has 1 unspecified atom stereocenters. The van der Waals surface area contributed by atoms with Gasteiger partial charge in [0, 0.05) is 6.54 Å². The van der Waals surface area contributed by atoms with Gasteiger partial charge in [-0.3, -0.25) is 5.01 Å². The second-order valence-corrected chi connectivity index (χ2v) is 6.18. The van der Waals surface area contributed by atoms with E-state index < -0.39 is 0 Å². The van der Waals surface area contributed by atoms with Crippen LogP contribution in [0.5, 0.6) is 0 Å². The first-order valence-electron chi connectivity index (χ1n) is 7.51. The Morgan fingerprint density at radius 1 is 1.20 bits per heavy atom. The van der Waals surface area contributed by atoms with Gasteiger partial charge in [0.25, 0.3) is 0 Å². The fourth-order valence-electron chi connectivity index (χ4n) is 4.17. The molecule has 3 saturated heterocycles. The Kier molecular flexibility index (Phi) is 2.74. The van der Waals surface area contributed by atoms with Crippen LogP contribution >= 0.6 is 0 Å². The van der Waals surface area contributed by atoms with Crippen LogP contribution in [0.2, 0.25) is 0 Å². The molecule has 0 saturated carbocycles. The van der Waals surface area contributed by atoms with Gasteiger partial charge in [-0.15, -0.1) is 5.10 Å². The topological polar surface area (TPSA) is 28.1 Å². The minimum atomic E-state index is 0.114. The second-order valence-electron chi connectivity index (χ2n) is 6.18. The van der Waals surface area contributed by atoms with E-state index in [4.69, 9.17) is 9.84 Å². The molecule has 4 heterocycles. The summed E-state index contributed by atoms with van der Waals surface area (Å²) in [6, 6.07) is 10.5. The van der Waals surface area contributed by atoms with Gasteiger partial charge >= 0.3 is 0 Å². The van der Waals surface area contributed by atoms with Gasteiger partial charge in [0.15, 0.2) is 0 Å². The Bertz CT molecular complexity index is 522. The zero-order valence-corrected chi connectivity index (χ0v) is 12.0. The quantitative estimate of drug-likeness (QED) is 0.784.